The highest BCUT2D eigenvalue weighted by atomic mass is 16.8. The van der Waals surface area contributed by atoms with E-state index in [9.17, 15) is 61.3 Å². The summed E-state index contributed by atoms with van der Waals surface area (Å²) in [6.07, 6.45) is -9.69. The molecule has 4 heterocycles. The van der Waals surface area contributed by atoms with Gasteiger partial charge in [-0.15, -0.1) is 6.42 Å². The minimum Gasteiger partial charge on any atom is -0.443 e. The lowest BCUT2D eigenvalue weighted by Crippen LogP contribution is -2.68. The second-order valence-corrected chi connectivity index (χ2v) is 19.2. The summed E-state index contributed by atoms with van der Waals surface area (Å²) in [5, 5.41) is 128. The predicted molar refractivity (Wildman–Crippen MR) is 297 cm³/mol. The lowest BCUT2D eigenvalue weighted by molar-refractivity contribution is -0.390. The first-order valence-corrected chi connectivity index (χ1v) is 26.8. The number of aliphatic hydroxyl groups is 12. The maximum atomic E-state index is 12.0. The molecule has 12 N–H and O–H groups in total. The van der Waals surface area contributed by atoms with E-state index in [-0.39, 0.29) is 49.3 Å². The van der Waals surface area contributed by atoms with Crippen molar-refractivity contribution in [2.24, 2.45) is 0 Å². The van der Waals surface area contributed by atoms with Crippen LogP contribution in [0, 0.1) is 36.2 Å². The van der Waals surface area contributed by atoms with Crippen LogP contribution in [0.5, 0.6) is 0 Å². The van der Waals surface area contributed by atoms with Crippen molar-refractivity contribution in [3.63, 3.8) is 0 Å². The second-order valence-electron chi connectivity index (χ2n) is 19.2. The van der Waals surface area contributed by atoms with Crippen LogP contribution in [0.4, 0.5) is 0 Å². The van der Waals surface area contributed by atoms with Crippen LogP contribution in [-0.4, -0.2) is 257 Å². The van der Waals surface area contributed by atoms with Crippen molar-refractivity contribution < 1.29 is 141 Å². The van der Waals surface area contributed by atoms with Gasteiger partial charge in [-0.05, 0) is 18.3 Å². The van der Waals surface area contributed by atoms with Crippen molar-refractivity contribution in [3.8, 4) is 36.2 Å². The molecule has 0 amide bonds. The number of hydrogen-bond donors (Lipinski definition) is 12. The Balaban J connectivity index is -0.000000355. The van der Waals surface area contributed by atoms with Crippen molar-refractivity contribution in [2.75, 3.05) is 72.7 Å². The Kier molecular flexibility index (Phi) is 32.6. The van der Waals surface area contributed by atoms with Gasteiger partial charge in [0.2, 0.25) is 0 Å². The van der Waals surface area contributed by atoms with Crippen molar-refractivity contribution in [2.45, 2.75) is 220 Å². The lowest BCUT2D eigenvalue weighted by Gasteiger charge is -2.49. The molecule has 0 saturated carbocycles. The van der Waals surface area contributed by atoms with Gasteiger partial charge in [-0.1, -0.05) is 90.4 Å². The Morgan fingerprint density at radius 1 is 0.421 bits per heavy atom. The monoisotopic (exact) mass is 1130 g/mol. The molecule has 8 unspecified atom stereocenters. The van der Waals surface area contributed by atoms with Gasteiger partial charge in [0.15, 0.2) is 25.2 Å². The third-order valence-electron chi connectivity index (χ3n) is 13.4. The van der Waals surface area contributed by atoms with E-state index in [1.54, 1.807) is 0 Å². The van der Waals surface area contributed by atoms with Crippen LogP contribution in [0.1, 0.15) is 120 Å². The summed E-state index contributed by atoms with van der Waals surface area (Å²) in [5.74, 6) is 9.02. The molecule has 0 bridgehead atoms. The smallest absolute Gasteiger partial charge is 0.187 e. The van der Waals surface area contributed by atoms with Crippen molar-refractivity contribution in [1.29, 1.82) is 0 Å². The first-order valence-electron chi connectivity index (χ1n) is 26.8. The van der Waals surface area contributed by atoms with Crippen LogP contribution in [-0.2, 0) is 56.8 Å². The Labute approximate surface area is 469 Å². The zero-order valence-corrected chi connectivity index (χ0v) is 43.6. The molecule has 0 spiro atoms. The van der Waals surface area contributed by atoms with Gasteiger partial charge >= 0.3 is 0 Å². The number of aliphatic hydroxyl groups excluding tert-OH is 12. The van der Waals surface area contributed by atoms with Gasteiger partial charge in [0.05, 0.1) is 59.5 Å². The maximum Gasteiger partial charge on any atom is 0.187 e. The molecular weight excluding hydrogens is 1010 g/mol. The van der Waals surface area contributed by atoms with E-state index in [1.165, 1.54) is 70.6 Å². The van der Waals surface area contributed by atoms with E-state index in [4.69, 9.17) is 63.3 Å². The third-order valence-corrected chi connectivity index (χ3v) is 13.4. The molecule has 0 aromatic rings. The normalized spacial score (nSPS) is 35.6. The molecule has 0 aliphatic carbocycles. The van der Waals surface area contributed by atoms with Crippen LogP contribution in [0.2, 0.25) is 0 Å². The summed E-state index contributed by atoms with van der Waals surface area (Å²) in [6, 6.07) is 0. The van der Waals surface area contributed by atoms with Crippen LogP contribution >= 0.6 is 0 Å². The second kappa shape index (κ2) is 37.5. The molecule has 4 rings (SSSR count). The van der Waals surface area contributed by atoms with Gasteiger partial charge in [0.25, 0.3) is 0 Å². The lowest BCUT2D eigenvalue weighted by atomic mass is 9.95. The standard InChI is InChI=1S/C52H86O24.16H2/c1-3-5-7-9-10-11-12-13-14-15-16-17-18-20-23-65-27-28-68-32-35-46(74-50-42(61)38(57)37(56)34(71-50)30-66-24-19-8-6-4-2)40(59)43(62)51(72-35)75-47-36(31-67-25-21-53)73-52(48(44(47)63)69-26-22-54)76-45-33(29-55)70-49(64)41(60)39(45)58;;;;;;;;;;;;;;;;/h2,33-64H,3,5,7,9-18,20-23,25-32H2,1H3;16*1H/t33-,34?,35-,36?,37+,38-,39?,40?,41?,42?,43?,44-,45+,46+,47+,48?,49+,50-,51-,52-;;;;;;;;;;;;;;;;/m0................/s1. The summed E-state index contributed by atoms with van der Waals surface area (Å²) in [6.45, 7) is -0.749. The molecule has 76 heavy (non-hydrogen) atoms. The van der Waals surface area contributed by atoms with Crippen LogP contribution in [0.25, 0.3) is 0 Å². The summed E-state index contributed by atoms with van der Waals surface area (Å²) in [4.78, 5) is 0. The molecule has 4 aliphatic heterocycles. The van der Waals surface area contributed by atoms with Gasteiger partial charge < -0.3 is 118 Å². The quantitative estimate of drug-likeness (QED) is 0.0311. The summed E-state index contributed by atoms with van der Waals surface area (Å²) in [5.41, 5.74) is 0. The van der Waals surface area contributed by atoms with Crippen molar-refractivity contribution >= 4 is 0 Å². The topological polar surface area (TPSA) is 354 Å². The number of terminal acetylenes is 1. The fourth-order valence-electron chi connectivity index (χ4n) is 9.19. The highest BCUT2D eigenvalue weighted by molar-refractivity contribution is 5.32. The molecule has 4 fully saturated rings. The number of hydrogen-bond acceptors (Lipinski definition) is 24. The van der Waals surface area contributed by atoms with E-state index in [1.807, 2.05) is 0 Å². The summed E-state index contributed by atoms with van der Waals surface area (Å²) >= 11 is 0. The average Bonchev–Trinajstić information content (AvgIpc) is 3.41. The van der Waals surface area contributed by atoms with Crippen LogP contribution < -0.4 is 0 Å². The molecule has 0 aromatic carbocycles. The number of ether oxygens (including phenoxy) is 12. The first kappa shape index (κ1) is 66.1. The Hall–Kier alpha value is -2.44. The van der Waals surface area contributed by atoms with E-state index in [2.05, 4.69) is 36.7 Å². The van der Waals surface area contributed by atoms with E-state index in [0.717, 1.165) is 19.3 Å². The fourth-order valence-corrected chi connectivity index (χ4v) is 9.19. The average molecular weight is 1130 g/mol. The van der Waals surface area contributed by atoms with Gasteiger partial charge in [0.1, 0.15) is 110 Å². The Morgan fingerprint density at radius 2 is 0.921 bits per heavy atom. The van der Waals surface area contributed by atoms with Gasteiger partial charge in [-0.3, -0.25) is 0 Å². The number of rotatable bonds is 36. The largest absolute Gasteiger partial charge is 0.443 e. The summed E-state index contributed by atoms with van der Waals surface area (Å²) in [7, 11) is 0. The third kappa shape index (κ3) is 21.2. The molecule has 0 radical (unpaired) electrons. The summed E-state index contributed by atoms with van der Waals surface area (Å²) < 4.78 is 69.7. The number of unbranched alkanes of at least 4 members (excludes halogenated alkanes) is 13. The molecule has 0 aromatic heterocycles. The molecule has 24 heteroatoms. The van der Waals surface area contributed by atoms with Crippen molar-refractivity contribution in [1.82, 2.24) is 0 Å². The van der Waals surface area contributed by atoms with E-state index in [0.29, 0.717) is 6.61 Å². The highest BCUT2D eigenvalue weighted by Crippen LogP contribution is 2.35. The van der Waals surface area contributed by atoms with Crippen molar-refractivity contribution in [3.05, 3.63) is 0 Å². The van der Waals surface area contributed by atoms with E-state index >= 15 is 0 Å². The SMILES string of the molecule is C#CC#CC#COCC1O[C@@H](O[C@H]2C(O)C(O)[C@H](O[C@@H]3C(COCCO)O[C@@H](O[C@H]4C(O)C(O)[C@H](O)O[C@H]4CO)C(OCCO)[C@H]3O)O[C@H]2COCCOCCCCCCCCCCCCCCCC)C(O)[C@@H](O)[C@@H]1O.[HH].[HH].[HH].[HH].[HH].[HH].[HH].[HH].[HH].[HH].[HH].[HH].[HH].[HH].[HH].[HH]. The van der Waals surface area contributed by atoms with Gasteiger partial charge in [-0.25, -0.2) is 0 Å². The van der Waals surface area contributed by atoms with Crippen LogP contribution in [0.3, 0.4) is 0 Å². The molecule has 4 saturated heterocycles. The predicted octanol–water partition coefficient (Wildman–Crippen LogP) is 1.36. The minimum atomic E-state index is -2.02. The highest BCUT2D eigenvalue weighted by Gasteiger charge is 2.56. The molecule has 4 aliphatic rings. The minimum absolute atomic E-state index is 0. The molecular formula is C52H118O24. The zero-order chi connectivity index (χ0) is 55.2. The molecule has 470 valence electrons. The molecule has 20 atom stereocenters. The van der Waals surface area contributed by atoms with Crippen LogP contribution in [0.15, 0.2) is 0 Å². The first-order chi connectivity index (χ1) is 36.8. The van der Waals surface area contributed by atoms with E-state index < -0.39 is 162 Å². The zero-order valence-electron chi connectivity index (χ0n) is 43.6. The fraction of sp³-hybridized carbons (Fsp3) is 0.885. The van der Waals surface area contributed by atoms with Gasteiger partial charge in [-0.2, -0.15) is 0 Å². The Morgan fingerprint density at radius 3 is 1.51 bits per heavy atom. The Bertz CT molecular complexity index is 1760. The molecule has 24 nitrogen and oxygen atoms in total. The maximum absolute atomic E-state index is 12.0. The van der Waals surface area contributed by atoms with Gasteiger partial charge in [0, 0.05) is 41.3 Å².